The highest BCUT2D eigenvalue weighted by molar-refractivity contribution is 7.98. The summed E-state index contributed by atoms with van der Waals surface area (Å²) in [5, 5.41) is 13.0. The molecule has 0 aliphatic carbocycles. The van der Waals surface area contributed by atoms with Crippen LogP contribution in [-0.4, -0.2) is 27.3 Å². The molecule has 0 amide bonds. The Balaban J connectivity index is 2.45. The Labute approximate surface area is 129 Å². The lowest BCUT2D eigenvalue weighted by Crippen LogP contribution is -2.08. The molecule has 104 valence electrons. The summed E-state index contributed by atoms with van der Waals surface area (Å²) in [5.74, 6) is -1.05. The third-order valence-corrected chi connectivity index (χ3v) is 3.42. The molecule has 20 heavy (non-hydrogen) atoms. The van der Waals surface area contributed by atoms with Crippen molar-refractivity contribution in [3.8, 4) is 0 Å². The van der Waals surface area contributed by atoms with Crippen LogP contribution >= 0.6 is 35.0 Å². The molecule has 0 unspecified atom stereocenters. The minimum atomic E-state index is -1.20. The average Bonchev–Trinajstić information content (AvgIpc) is 2.40. The minimum Gasteiger partial charge on any atom is -0.477 e. The number of thioether (sulfide) groups is 1. The van der Waals surface area contributed by atoms with E-state index < -0.39 is 5.97 Å². The summed E-state index contributed by atoms with van der Waals surface area (Å²) in [4.78, 5) is 19.3. The number of benzene rings is 1. The summed E-state index contributed by atoms with van der Waals surface area (Å²) >= 11 is 13.0. The van der Waals surface area contributed by atoms with Crippen molar-refractivity contribution in [2.45, 2.75) is 5.16 Å². The molecular weight excluding hydrogens is 321 g/mol. The minimum absolute atomic E-state index is 0.103. The molecule has 1 aromatic carbocycles. The van der Waals surface area contributed by atoms with Crippen LogP contribution in [0.3, 0.4) is 0 Å². The van der Waals surface area contributed by atoms with Crippen LogP contribution in [0.15, 0.2) is 29.4 Å². The van der Waals surface area contributed by atoms with Crippen molar-refractivity contribution >= 4 is 52.4 Å². The van der Waals surface area contributed by atoms with Crippen molar-refractivity contribution in [2.24, 2.45) is 0 Å². The predicted molar refractivity (Wildman–Crippen MR) is 80.5 cm³/mol. The van der Waals surface area contributed by atoms with Gasteiger partial charge in [-0.15, -0.1) is 0 Å². The Morgan fingerprint density at radius 1 is 1.25 bits per heavy atom. The maximum Gasteiger partial charge on any atom is 0.342 e. The van der Waals surface area contributed by atoms with E-state index in [1.54, 1.807) is 30.5 Å². The van der Waals surface area contributed by atoms with Gasteiger partial charge in [0.15, 0.2) is 11.0 Å². The van der Waals surface area contributed by atoms with E-state index in [-0.39, 0.29) is 16.5 Å². The number of anilines is 2. The number of aromatic carboxylic acids is 1. The predicted octanol–water partition coefficient (Wildman–Crippen LogP) is 3.95. The summed E-state index contributed by atoms with van der Waals surface area (Å²) in [7, 11) is 0. The monoisotopic (exact) mass is 329 g/mol. The molecule has 0 saturated heterocycles. The van der Waals surface area contributed by atoms with Gasteiger partial charge in [0.1, 0.15) is 10.7 Å². The molecular formula is C12H9Cl2N3O2S. The van der Waals surface area contributed by atoms with Gasteiger partial charge in [-0.25, -0.2) is 14.8 Å². The van der Waals surface area contributed by atoms with E-state index >= 15 is 0 Å². The molecule has 2 N–H and O–H groups in total. The van der Waals surface area contributed by atoms with Crippen molar-refractivity contribution in [1.82, 2.24) is 9.97 Å². The van der Waals surface area contributed by atoms with Crippen LogP contribution < -0.4 is 5.32 Å². The molecule has 0 fully saturated rings. The second-order valence-corrected chi connectivity index (χ2v) is 5.23. The standard InChI is InChI=1S/C12H9Cl2N3O2S/c1-20-12-16-9(14)8(11(18)19)10(17-12)15-7-4-2-6(13)3-5-7/h2-5H,1H3,(H,18,19)(H,15,16,17). The van der Waals surface area contributed by atoms with Crippen LogP contribution in [0.4, 0.5) is 11.5 Å². The Hall–Kier alpha value is -1.50. The third-order valence-electron chi connectivity index (χ3n) is 2.35. The number of carboxylic acid groups (broad SMARTS) is 1. The second-order valence-electron chi connectivity index (χ2n) is 3.66. The number of nitrogens with one attached hydrogen (secondary N) is 1. The van der Waals surface area contributed by atoms with Crippen LogP contribution in [0.2, 0.25) is 10.2 Å². The first kappa shape index (κ1) is 14.9. The number of halogens is 2. The molecule has 2 rings (SSSR count). The zero-order chi connectivity index (χ0) is 14.7. The first-order chi connectivity index (χ1) is 9.51. The van der Waals surface area contributed by atoms with Gasteiger partial charge >= 0.3 is 5.97 Å². The topological polar surface area (TPSA) is 75.1 Å². The molecule has 0 radical (unpaired) electrons. The van der Waals surface area contributed by atoms with E-state index in [0.29, 0.717) is 15.9 Å². The summed E-state index contributed by atoms with van der Waals surface area (Å²) < 4.78 is 0. The molecule has 0 bridgehead atoms. The van der Waals surface area contributed by atoms with Gasteiger partial charge in [-0.05, 0) is 30.5 Å². The molecule has 0 aliphatic rings. The fourth-order valence-electron chi connectivity index (χ4n) is 1.46. The highest BCUT2D eigenvalue weighted by atomic mass is 35.5. The SMILES string of the molecule is CSc1nc(Cl)c(C(=O)O)c(Nc2ccc(Cl)cc2)n1. The fraction of sp³-hybridized carbons (Fsp3) is 0.0833. The van der Waals surface area contributed by atoms with E-state index in [9.17, 15) is 9.90 Å². The van der Waals surface area contributed by atoms with Gasteiger partial charge in [0.2, 0.25) is 0 Å². The van der Waals surface area contributed by atoms with E-state index in [1.807, 2.05) is 0 Å². The van der Waals surface area contributed by atoms with Gasteiger partial charge in [-0.1, -0.05) is 35.0 Å². The lowest BCUT2D eigenvalue weighted by Gasteiger charge is -2.10. The normalized spacial score (nSPS) is 10.3. The molecule has 5 nitrogen and oxygen atoms in total. The van der Waals surface area contributed by atoms with Crippen LogP contribution in [0.5, 0.6) is 0 Å². The van der Waals surface area contributed by atoms with Crippen LogP contribution in [-0.2, 0) is 0 Å². The van der Waals surface area contributed by atoms with Gasteiger partial charge in [0.05, 0.1) is 0 Å². The van der Waals surface area contributed by atoms with Gasteiger partial charge < -0.3 is 10.4 Å². The highest BCUT2D eigenvalue weighted by Crippen LogP contribution is 2.27. The summed E-state index contributed by atoms with van der Waals surface area (Å²) in [6.45, 7) is 0. The molecule has 8 heteroatoms. The number of nitrogens with zero attached hydrogens (tertiary/aromatic N) is 2. The zero-order valence-corrected chi connectivity index (χ0v) is 12.6. The Morgan fingerprint density at radius 3 is 2.45 bits per heavy atom. The van der Waals surface area contributed by atoms with Crippen LogP contribution in [0, 0.1) is 0 Å². The number of rotatable bonds is 4. The van der Waals surface area contributed by atoms with E-state index in [1.165, 1.54) is 11.8 Å². The smallest absolute Gasteiger partial charge is 0.342 e. The summed E-state index contributed by atoms with van der Waals surface area (Å²) in [6, 6.07) is 6.79. The highest BCUT2D eigenvalue weighted by Gasteiger charge is 2.19. The van der Waals surface area contributed by atoms with Crippen molar-refractivity contribution in [2.75, 3.05) is 11.6 Å². The number of carbonyl (C=O) groups is 1. The van der Waals surface area contributed by atoms with E-state index in [2.05, 4.69) is 15.3 Å². The van der Waals surface area contributed by atoms with Crippen LogP contribution in [0.25, 0.3) is 0 Å². The maximum atomic E-state index is 11.3. The molecule has 0 atom stereocenters. The lowest BCUT2D eigenvalue weighted by molar-refractivity contribution is 0.0697. The first-order valence-electron chi connectivity index (χ1n) is 5.38. The van der Waals surface area contributed by atoms with E-state index in [0.717, 1.165) is 0 Å². The molecule has 0 aliphatic heterocycles. The Bertz CT molecular complexity index is 650. The first-order valence-corrected chi connectivity index (χ1v) is 7.36. The van der Waals surface area contributed by atoms with Crippen molar-refractivity contribution in [3.63, 3.8) is 0 Å². The molecule has 0 spiro atoms. The Morgan fingerprint density at radius 2 is 1.90 bits per heavy atom. The number of hydrogen-bond donors (Lipinski definition) is 2. The largest absolute Gasteiger partial charge is 0.477 e. The average molecular weight is 330 g/mol. The second kappa shape index (κ2) is 6.30. The quantitative estimate of drug-likeness (QED) is 0.502. The fourth-order valence-corrected chi connectivity index (χ4v) is 2.25. The molecule has 1 heterocycles. The Kier molecular flexibility index (Phi) is 4.69. The molecule has 1 aromatic heterocycles. The number of hydrogen-bond acceptors (Lipinski definition) is 5. The van der Waals surface area contributed by atoms with Crippen molar-refractivity contribution in [3.05, 3.63) is 40.0 Å². The summed E-state index contributed by atoms with van der Waals surface area (Å²) in [5.41, 5.74) is 0.484. The van der Waals surface area contributed by atoms with Crippen LogP contribution in [0.1, 0.15) is 10.4 Å². The number of aromatic nitrogens is 2. The van der Waals surface area contributed by atoms with E-state index in [4.69, 9.17) is 23.2 Å². The molecule has 0 saturated carbocycles. The zero-order valence-electron chi connectivity index (χ0n) is 10.2. The van der Waals surface area contributed by atoms with Crippen molar-refractivity contribution in [1.29, 1.82) is 0 Å². The summed E-state index contributed by atoms with van der Waals surface area (Å²) in [6.07, 6.45) is 1.78. The van der Waals surface area contributed by atoms with Gasteiger partial charge in [-0.3, -0.25) is 0 Å². The number of carboxylic acids is 1. The maximum absolute atomic E-state index is 11.3. The van der Waals surface area contributed by atoms with Crippen molar-refractivity contribution < 1.29 is 9.90 Å². The van der Waals surface area contributed by atoms with Gasteiger partial charge in [0, 0.05) is 10.7 Å². The van der Waals surface area contributed by atoms with Gasteiger partial charge in [-0.2, -0.15) is 0 Å². The third kappa shape index (κ3) is 3.33. The van der Waals surface area contributed by atoms with Gasteiger partial charge in [0.25, 0.3) is 0 Å². The lowest BCUT2D eigenvalue weighted by atomic mass is 10.2. The molecule has 2 aromatic rings.